The molecule has 318 valence electrons. The van der Waals surface area contributed by atoms with Crippen molar-refractivity contribution in [1.82, 2.24) is 24.8 Å². The molecule has 0 radical (unpaired) electrons. The monoisotopic (exact) mass is 856 g/mol. The molecule has 0 spiro atoms. The Morgan fingerprint density at radius 2 is 1.63 bits per heavy atom. The Balaban J connectivity index is 1.08. The van der Waals surface area contributed by atoms with Gasteiger partial charge in [-0.3, -0.25) is 4.90 Å². The number of rotatable bonds is 16. The van der Waals surface area contributed by atoms with Gasteiger partial charge in [-0.2, -0.15) is 0 Å². The Bertz CT molecular complexity index is 2690. The van der Waals surface area contributed by atoms with Crippen molar-refractivity contribution in [2.45, 2.75) is 26.0 Å². The van der Waals surface area contributed by atoms with Crippen LogP contribution in [0.2, 0.25) is 5.02 Å². The highest BCUT2D eigenvalue weighted by molar-refractivity contribution is 6.33. The van der Waals surface area contributed by atoms with E-state index < -0.39 is 17.8 Å². The van der Waals surface area contributed by atoms with Crippen LogP contribution in [0.25, 0.3) is 44.8 Å². The van der Waals surface area contributed by atoms with Gasteiger partial charge in [-0.1, -0.05) is 48.0 Å². The highest BCUT2D eigenvalue weighted by Crippen LogP contribution is 2.47. The van der Waals surface area contributed by atoms with Gasteiger partial charge in [-0.25, -0.2) is 24.1 Å². The molecule has 12 nitrogen and oxygen atoms in total. The summed E-state index contributed by atoms with van der Waals surface area (Å²) < 4.78 is 38.7. The fraction of sp³-hybridized carbons (Fsp3) is 0.250. The average molecular weight is 857 g/mol. The van der Waals surface area contributed by atoms with Crippen molar-refractivity contribution in [3.8, 4) is 51.1 Å². The van der Waals surface area contributed by atoms with E-state index in [0.717, 1.165) is 49.4 Å². The third-order valence-corrected chi connectivity index (χ3v) is 11.5. The largest absolute Gasteiger partial charge is 0.496 e. The molecule has 4 aromatic carbocycles. The van der Waals surface area contributed by atoms with Crippen LogP contribution in [0.1, 0.15) is 16.8 Å². The van der Waals surface area contributed by atoms with Crippen LogP contribution in [0.3, 0.4) is 0 Å². The van der Waals surface area contributed by atoms with Gasteiger partial charge in [0.2, 0.25) is 0 Å². The van der Waals surface area contributed by atoms with Crippen LogP contribution in [0, 0.1) is 12.7 Å². The summed E-state index contributed by atoms with van der Waals surface area (Å²) in [5.41, 5.74) is 5.17. The third-order valence-electron chi connectivity index (χ3n) is 11.0. The number of ether oxygens (including phenoxy) is 3. The molecule has 0 unspecified atom stereocenters. The molecule has 1 saturated heterocycles. The van der Waals surface area contributed by atoms with Crippen molar-refractivity contribution in [2.75, 3.05) is 58.8 Å². The van der Waals surface area contributed by atoms with Gasteiger partial charge in [0.25, 0.3) is 0 Å². The minimum absolute atomic E-state index is 0.0445. The number of aliphatic carboxylic acids is 1. The van der Waals surface area contributed by atoms with Crippen LogP contribution in [0.15, 0.2) is 114 Å². The van der Waals surface area contributed by atoms with Crippen LogP contribution in [0.4, 0.5) is 10.2 Å². The first-order valence-electron chi connectivity index (χ1n) is 20.3. The quantitative estimate of drug-likeness (QED) is 0.0960. The first-order valence-corrected chi connectivity index (χ1v) is 20.7. The average Bonchev–Trinajstić information content (AvgIpc) is 3.68. The number of carboxylic acid groups (broad SMARTS) is 1. The van der Waals surface area contributed by atoms with E-state index in [1.165, 1.54) is 12.1 Å². The molecule has 0 bridgehead atoms. The zero-order chi connectivity index (χ0) is 43.2. The number of anilines is 1. The summed E-state index contributed by atoms with van der Waals surface area (Å²) in [6.45, 7) is 7.27. The first-order chi connectivity index (χ1) is 30.2. The molecule has 4 heterocycles. The maximum atomic E-state index is 14.2. The fourth-order valence-corrected chi connectivity index (χ4v) is 7.82. The molecular weight excluding hydrogens is 811 g/mol. The lowest BCUT2D eigenvalue weighted by atomic mass is 9.95. The highest BCUT2D eigenvalue weighted by Gasteiger charge is 2.27. The molecule has 1 fully saturated rings. The van der Waals surface area contributed by atoms with Gasteiger partial charge in [0.1, 0.15) is 59.5 Å². The third kappa shape index (κ3) is 9.35. The molecule has 0 saturated carbocycles. The van der Waals surface area contributed by atoms with Crippen LogP contribution < -0.4 is 19.5 Å². The predicted octanol–water partition coefficient (Wildman–Crippen LogP) is 9.04. The molecule has 0 amide bonds. The van der Waals surface area contributed by atoms with Crippen LogP contribution in [-0.4, -0.2) is 95.4 Å². The maximum absolute atomic E-state index is 14.2. The number of fused-ring (bicyclic) bond motifs is 1. The number of furan rings is 1. The smallest absolute Gasteiger partial charge is 0.326 e. The van der Waals surface area contributed by atoms with Crippen molar-refractivity contribution in [1.29, 1.82) is 0 Å². The molecule has 14 heteroatoms. The van der Waals surface area contributed by atoms with E-state index in [2.05, 4.69) is 32.1 Å². The summed E-state index contributed by atoms with van der Waals surface area (Å²) in [7, 11) is 3.72. The number of carboxylic acids is 1. The van der Waals surface area contributed by atoms with Gasteiger partial charge in [-0.15, -0.1) is 0 Å². The number of halogens is 2. The van der Waals surface area contributed by atoms with Gasteiger partial charge in [-0.05, 0) is 91.3 Å². The Hall–Kier alpha value is -6.54. The summed E-state index contributed by atoms with van der Waals surface area (Å²) >= 11 is 7.05. The summed E-state index contributed by atoms with van der Waals surface area (Å²) in [5, 5.41) is 14.9. The second-order valence-electron chi connectivity index (χ2n) is 15.1. The standard InChI is InChI=1S/C48H46ClFN6O6/c1-30-35(16-17-41(44(30)49)60-27-26-56-24-22-55(2)23-25-56)42-43-40(62-45(42)31-12-14-33(50)15-13-31)19-21-52-47(43)54-37(48(57)58)28-32-8-4-6-10-38(32)61-29-34-18-20-51-46(53-34)36-9-5-7-11-39(36)59-3/h4-21,37H,22-29H2,1-3H3,(H,52,54)(H,57,58)/t37-/m0/s1. The number of methoxy groups -OCH3 is 1. The van der Waals surface area contributed by atoms with Crippen molar-refractivity contribution >= 4 is 34.4 Å². The molecule has 1 aliphatic rings. The Morgan fingerprint density at radius 1 is 0.887 bits per heavy atom. The second-order valence-corrected chi connectivity index (χ2v) is 15.5. The van der Waals surface area contributed by atoms with E-state index in [9.17, 15) is 14.3 Å². The van der Waals surface area contributed by atoms with E-state index in [1.807, 2.05) is 61.5 Å². The normalized spacial score (nSPS) is 13.8. The number of likely N-dealkylation sites (N-methyl/N-ethyl adjacent to an activating group) is 1. The lowest BCUT2D eigenvalue weighted by molar-refractivity contribution is -0.137. The number of benzene rings is 4. The molecule has 62 heavy (non-hydrogen) atoms. The fourth-order valence-electron chi connectivity index (χ4n) is 7.60. The lowest BCUT2D eigenvalue weighted by Gasteiger charge is -2.32. The zero-order valence-corrected chi connectivity index (χ0v) is 35.4. The number of aromatic nitrogens is 3. The zero-order valence-electron chi connectivity index (χ0n) is 34.6. The Morgan fingerprint density at radius 3 is 2.40 bits per heavy atom. The van der Waals surface area contributed by atoms with Crippen molar-refractivity contribution in [3.63, 3.8) is 0 Å². The molecule has 2 N–H and O–H groups in total. The van der Waals surface area contributed by atoms with Crippen LogP contribution in [-0.2, 0) is 17.8 Å². The van der Waals surface area contributed by atoms with E-state index >= 15 is 0 Å². The number of hydrogen-bond acceptors (Lipinski definition) is 11. The summed E-state index contributed by atoms with van der Waals surface area (Å²) in [5.74, 6) is 1.44. The molecule has 1 atom stereocenters. The van der Waals surface area contributed by atoms with E-state index in [0.29, 0.717) is 73.8 Å². The second kappa shape index (κ2) is 19.0. The van der Waals surface area contributed by atoms with Gasteiger partial charge >= 0.3 is 5.97 Å². The van der Waals surface area contributed by atoms with Crippen molar-refractivity contribution < 1.29 is 32.9 Å². The Kier molecular flexibility index (Phi) is 12.9. The lowest BCUT2D eigenvalue weighted by Crippen LogP contribution is -2.45. The van der Waals surface area contributed by atoms with Gasteiger partial charge in [0, 0.05) is 62.7 Å². The summed E-state index contributed by atoms with van der Waals surface area (Å²) in [4.78, 5) is 31.6. The Labute approximate surface area is 363 Å². The number of para-hydroxylation sites is 2. The number of nitrogens with zero attached hydrogens (tertiary/aromatic N) is 5. The topological polar surface area (TPSA) is 135 Å². The molecule has 8 rings (SSSR count). The first kappa shape index (κ1) is 42.2. The number of pyridine rings is 1. The summed E-state index contributed by atoms with van der Waals surface area (Å²) in [6, 6.07) is 26.9. The van der Waals surface area contributed by atoms with Gasteiger partial charge < -0.3 is 34.0 Å². The highest BCUT2D eigenvalue weighted by atomic mass is 35.5. The van der Waals surface area contributed by atoms with Crippen LogP contribution >= 0.6 is 11.6 Å². The predicted molar refractivity (Wildman–Crippen MR) is 238 cm³/mol. The SMILES string of the molecule is COc1ccccc1-c1nccc(COc2ccccc2C[C@H](Nc2nccc3oc(-c4ccc(F)cc4)c(-c4ccc(OCCN5CCN(C)CC5)c(Cl)c4C)c23)C(=O)O)n1. The molecule has 1 aliphatic heterocycles. The number of hydrogen-bond donors (Lipinski definition) is 2. The number of carbonyl (C=O) groups is 1. The van der Waals surface area contributed by atoms with Crippen LogP contribution in [0.5, 0.6) is 17.2 Å². The van der Waals surface area contributed by atoms with E-state index in [4.69, 9.17) is 35.2 Å². The summed E-state index contributed by atoms with van der Waals surface area (Å²) in [6.07, 6.45) is 3.26. The van der Waals surface area contributed by atoms with E-state index in [1.54, 1.807) is 49.8 Å². The van der Waals surface area contributed by atoms with Gasteiger partial charge in [0.05, 0.1) is 28.8 Å². The number of nitrogens with one attached hydrogen (secondary N) is 1. The molecule has 0 aliphatic carbocycles. The molecule has 3 aromatic heterocycles. The minimum Gasteiger partial charge on any atom is -0.496 e. The van der Waals surface area contributed by atoms with Crippen molar-refractivity contribution in [2.24, 2.45) is 0 Å². The van der Waals surface area contributed by atoms with Crippen molar-refractivity contribution in [3.05, 3.63) is 137 Å². The molecular formula is C48H46ClFN6O6. The minimum atomic E-state index is -1.15. The maximum Gasteiger partial charge on any atom is 0.326 e. The number of piperazine rings is 1. The van der Waals surface area contributed by atoms with Gasteiger partial charge in [0.15, 0.2) is 5.82 Å². The molecule has 7 aromatic rings. The van der Waals surface area contributed by atoms with E-state index in [-0.39, 0.29) is 18.8 Å².